The molecule has 2 aliphatic heterocycles. The lowest BCUT2D eigenvalue weighted by molar-refractivity contribution is 0.184. The molecule has 0 bridgehead atoms. The first kappa shape index (κ1) is 10.2. The van der Waals surface area contributed by atoms with Gasteiger partial charge in [0.15, 0.2) is 0 Å². The molecular formula is C11H17N3O2. The fourth-order valence-corrected chi connectivity index (χ4v) is 2.60. The Morgan fingerprint density at radius 2 is 2.31 bits per heavy atom. The molecule has 88 valence electrons. The summed E-state index contributed by atoms with van der Waals surface area (Å²) in [5.74, 6) is 2.90. The van der Waals surface area contributed by atoms with Crippen LogP contribution in [0.15, 0.2) is 0 Å². The highest BCUT2D eigenvalue weighted by molar-refractivity contribution is 5.06. The third-order valence-corrected chi connectivity index (χ3v) is 3.63. The molecule has 5 nitrogen and oxygen atoms in total. The number of aryl methyl sites for hydroxylation is 1. The molecule has 0 aromatic carbocycles. The van der Waals surface area contributed by atoms with Gasteiger partial charge in [0.2, 0.25) is 0 Å². The second-order valence-corrected chi connectivity index (χ2v) is 4.73. The van der Waals surface area contributed by atoms with Gasteiger partial charge in [-0.15, -0.1) is 10.2 Å². The Morgan fingerprint density at radius 3 is 3.06 bits per heavy atom. The van der Waals surface area contributed by atoms with Gasteiger partial charge in [-0.2, -0.15) is 0 Å². The maximum atomic E-state index is 9.23. The molecule has 1 aromatic heterocycles. The summed E-state index contributed by atoms with van der Waals surface area (Å²) in [7, 11) is 0. The summed E-state index contributed by atoms with van der Waals surface area (Å²) in [5, 5.41) is 17.8. The SMILES string of the molecule is OCC1CCc2nnc(C3CCOC3)n2C1. The van der Waals surface area contributed by atoms with Gasteiger partial charge in [-0.25, -0.2) is 0 Å². The van der Waals surface area contributed by atoms with Gasteiger partial charge < -0.3 is 14.4 Å². The van der Waals surface area contributed by atoms with Crippen LogP contribution in [0.4, 0.5) is 0 Å². The third-order valence-electron chi connectivity index (χ3n) is 3.63. The zero-order chi connectivity index (χ0) is 11.0. The van der Waals surface area contributed by atoms with Crippen LogP contribution in [0.5, 0.6) is 0 Å². The van der Waals surface area contributed by atoms with Gasteiger partial charge in [0.05, 0.1) is 6.61 Å². The van der Waals surface area contributed by atoms with Crippen LogP contribution in [0.3, 0.4) is 0 Å². The van der Waals surface area contributed by atoms with E-state index in [4.69, 9.17) is 4.74 Å². The number of fused-ring (bicyclic) bond motifs is 1. The van der Waals surface area contributed by atoms with Crippen molar-refractivity contribution in [3.05, 3.63) is 11.6 Å². The topological polar surface area (TPSA) is 60.2 Å². The van der Waals surface area contributed by atoms with Crippen LogP contribution in [0, 0.1) is 5.92 Å². The van der Waals surface area contributed by atoms with Gasteiger partial charge >= 0.3 is 0 Å². The van der Waals surface area contributed by atoms with Crippen LogP contribution >= 0.6 is 0 Å². The average molecular weight is 223 g/mol. The lowest BCUT2D eigenvalue weighted by Gasteiger charge is -2.23. The van der Waals surface area contributed by atoms with E-state index < -0.39 is 0 Å². The molecule has 2 atom stereocenters. The molecule has 1 aromatic rings. The number of ether oxygens (including phenoxy) is 1. The summed E-state index contributed by atoms with van der Waals surface area (Å²) < 4.78 is 7.59. The molecule has 1 saturated heterocycles. The lowest BCUT2D eigenvalue weighted by Crippen LogP contribution is -2.25. The van der Waals surface area contributed by atoms with Crippen LogP contribution in [0.2, 0.25) is 0 Å². The molecule has 1 N–H and O–H groups in total. The standard InChI is InChI=1S/C11H17N3O2/c15-6-8-1-2-10-12-13-11(14(10)5-8)9-3-4-16-7-9/h8-9,15H,1-7H2. The Kier molecular flexibility index (Phi) is 2.65. The highest BCUT2D eigenvalue weighted by Crippen LogP contribution is 2.28. The number of nitrogens with zero attached hydrogens (tertiary/aromatic N) is 3. The van der Waals surface area contributed by atoms with Crippen molar-refractivity contribution in [3.8, 4) is 0 Å². The van der Waals surface area contributed by atoms with Crippen molar-refractivity contribution >= 4 is 0 Å². The largest absolute Gasteiger partial charge is 0.396 e. The number of hydrogen-bond donors (Lipinski definition) is 1. The zero-order valence-corrected chi connectivity index (χ0v) is 9.30. The molecule has 0 radical (unpaired) electrons. The molecular weight excluding hydrogens is 206 g/mol. The predicted molar refractivity (Wildman–Crippen MR) is 57.1 cm³/mol. The Hall–Kier alpha value is -0.940. The van der Waals surface area contributed by atoms with Gasteiger partial charge in [-0.05, 0) is 12.8 Å². The number of rotatable bonds is 2. The van der Waals surface area contributed by atoms with Crippen molar-refractivity contribution in [1.82, 2.24) is 14.8 Å². The quantitative estimate of drug-likeness (QED) is 0.785. The summed E-state index contributed by atoms with van der Waals surface area (Å²) in [5.41, 5.74) is 0. The number of aromatic nitrogens is 3. The minimum absolute atomic E-state index is 0.262. The third kappa shape index (κ3) is 1.64. The van der Waals surface area contributed by atoms with Gasteiger partial charge in [-0.1, -0.05) is 0 Å². The van der Waals surface area contributed by atoms with E-state index in [1.54, 1.807) is 0 Å². The second kappa shape index (κ2) is 4.14. The maximum absolute atomic E-state index is 9.23. The highest BCUT2D eigenvalue weighted by Gasteiger charge is 2.28. The van der Waals surface area contributed by atoms with E-state index in [0.29, 0.717) is 11.8 Å². The minimum Gasteiger partial charge on any atom is -0.396 e. The maximum Gasteiger partial charge on any atom is 0.138 e. The molecule has 0 amide bonds. The summed E-state index contributed by atoms with van der Waals surface area (Å²) >= 11 is 0. The lowest BCUT2D eigenvalue weighted by atomic mass is 9.99. The fourth-order valence-electron chi connectivity index (χ4n) is 2.60. The van der Waals surface area contributed by atoms with Gasteiger partial charge in [-0.3, -0.25) is 0 Å². The van der Waals surface area contributed by atoms with E-state index in [9.17, 15) is 5.11 Å². The van der Waals surface area contributed by atoms with Crippen molar-refractivity contribution in [2.45, 2.75) is 31.7 Å². The van der Waals surface area contributed by atoms with Crippen LogP contribution in [0.1, 0.15) is 30.4 Å². The smallest absolute Gasteiger partial charge is 0.138 e. The summed E-state index contributed by atoms with van der Waals surface area (Å²) in [6.45, 7) is 2.72. The zero-order valence-electron chi connectivity index (χ0n) is 9.30. The number of hydrogen-bond acceptors (Lipinski definition) is 4. The normalized spacial score (nSPS) is 29.3. The summed E-state index contributed by atoms with van der Waals surface area (Å²) in [4.78, 5) is 0. The van der Waals surface area contributed by atoms with E-state index in [1.807, 2.05) is 0 Å². The van der Waals surface area contributed by atoms with Gasteiger partial charge in [0, 0.05) is 38.0 Å². The van der Waals surface area contributed by atoms with Crippen LogP contribution in [0.25, 0.3) is 0 Å². The molecule has 0 spiro atoms. The molecule has 0 aliphatic carbocycles. The average Bonchev–Trinajstić information content (AvgIpc) is 2.96. The summed E-state index contributed by atoms with van der Waals surface area (Å²) in [6, 6.07) is 0. The summed E-state index contributed by atoms with van der Waals surface area (Å²) in [6.07, 6.45) is 3.00. The van der Waals surface area contributed by atoms with Crippen molar-refractivity contribution in [3.63, 3.8) is 0 Å². The Balaban J connectivity index is 1.87. The van der Waals surface area contributed by atoms with Crippen LogP contribution < -0.4 is 0 Å². The first-order chi connectivity index (χ1) is 7.88. The first-order valence-electron chi connectivity index (χ1n) is 5.99. The van der Waals surface area contributed by atoms with Crippen molar-refractivity contribution in [1.29, 1.82) is 0 Å². The molecule has 3 rings (SSSR count). The van der Waals surface area contributed by atoms with E-state index in [2.05, 4.69) is 14.8 Å². The highest BCUT2D eigenvalue weighted by atomic mass is 16.5. The molecule has 1 fully saturated rings. The van der Waals surface area contributed by atoms with Crippen LogP contribution in [-0.4, -0.2) is 39.7 Å². The molecule has 2 aliphatic rings. The first-order valence-corrected chi connectivity index (χ1v) is 5.99. The van der Waals surface area contributed by atoms with Crippen molar-refractivity contribution in [2.75, 3.05) is 19.8 Å². The molecule has 0 saturated carbocycles. The molecule has 2 unspecified atom stereocenters. The second-order valence-electron chi connectivity index (χ2n) is 4.73. The van der Waals surface area contributed by atoms with Gasteiger partial charge in [0.25, 0.3) is 0 Å². The minimum atomic E-state index is 0.262. The van der Waals surface area contributed by atoms with E-state index in [-0.39, 0.29) is 6.61 Å². The number of aliphatic hydroxyl groups is 1. The van der Waals surface area contributed by atoms with E-state index in [1.165, 1.54) is 0 Å². The molecule has 3 heterocycles. The fraction of sp³-hybridized carbons (Fsp3) is 0.818. The Bertz CT molecular complexity index is 371. The predicted octanol–water partition coefficient (Wildman–Crippen LogP) is 0.337. The molecule has 5 heteroatoms. The Labute approximate surface area is 94.4 Å². The van der Waals surface area contributed by atoms with Crippen LogP contribution in [-0.2, 0) is 17.7 Å². The van der Waals surface area contributed by atoms with E-state index >= 15 is 0 Å². The van der Waals surface area contributed by atoms with Gasteiger partial charge in [0.1, 0.15) is 11.6 Å². The monoisotopic (exact) mass is 223 g/mol. The van der Waals surface area contributed by atoms with Crippen molar-refractivity contribution < 1.29 is 9.84 Å². The van der Waals surface area contributed by atoms with Crippen molar-refractivity contribution in [2.24, 2.45) is 5.92 Å². The number of aliphatic hydroxyl groups excluding tert-OH is 1. The Morgan fingerprint density at radius 1 is 1.38 bits per heavy atom. The van der Waals surface area contributed by atoms with E-state index in [0.717, 1.165) is 50.7 Å². The molecule has 16 heavy (non-hydrogen) atoms.